The Hall–Kier alpha value is -3.66. The van der Waals surface area contributed by atoms with Crippen LogP contribution in [0.4, 0.5) is 0 Å². The first-order valence-corrected chi connectivity index (χ1v) is 10.9. The maximum Gasteiger partial charge on any atom is 0.216 e. The van der Waals surface area contributed by atoms with Crippen molar-refractivity contribution in [3.63, 3.8) is 0 Å². The molecule has 36 heavy (non-hydrogen) atoms. The van der Waals surface area contributed by atoms with Gasteiger partial charge in [-0.05, 0) is 55.2 Å². The van der Waals surface area contributed by atoms with Crippen LogP contribution in [0.5, 0.6) is 0 Å². The van der Waals surface area contributed by atoms with Gasteiger partial charge in [0.2, 0.25) is 5.71 Å². The summed E-state index contributed by atoms with van der Waals surface area (Å²) in [6.45, 7) is -2.92. The third kappa shape index (κ3) is 5.43. The molecule has 0 fully saturated rings. The van der Waals surface area contributed by atoms with Crippen molar-refractivity contribution < 1.29 is 35.5 Å². The molecule has 1 radical (unpaired) electrons. The van der Waals surface area contributed by atoms with E-state index in [1.807, 2.05) is 24.3 Å². The largest absolute Gasteiger partial charge is 0.486 e. The second-order valence-electron chi connectivity index (χ2n) is 7.63. The Labute approximate surface area is 236 Å². The summed E-state index contributed by atoms with van der Waals surface area (Å²) in [6, 6.07) is 26.9. The average molecular weight is 656 g/mol. The zero-order valence-electron chi connectivity index (χ0n) is 27.2. The van der Waals surface area contributed by atoms with E-state index in [0.29, 0.717) is 27.8 Å². The van der Waals surface area contributed by atoms with E-state index in [4.69, 9.17) is 15.4 Å². The van der Waals surface area contributed by atoms with Gasteiger partial charge in [0.1, 0.15) is 0 Å². The molecule has 0 saturated carbocycles. The summed E-state index contributed by atoms with van der Waals surface area (Å²) in [7, 11) is 0. The molecular formula is C31H25IrN3O-2. The topological polar surface area (TPSA) is 51.8 Å². The Morgan fingerprint density at radius 3 is 2.61 bits per heavy atom. The Morgan fingerprint density at radius 1 is 0.917 bits per heavy atom. The monoisotopic (exact) mass is 656 g/mol. The molecule has 2 aromatic carbocycles. The molecule has 4 heterocycles. The first-order valence-electron chi connectivity index (χ1n) is 14.9. The van der Waals surface area contributed by atoms with Crippen LogP contribution >= 0.6 is 0 Å². The molecule has 0 unspecified atom stereocenters. The molecule has 6 rings (SSSR count). The van der Waals surface area contributed by atoms with Gasteiger partial charge in [0.15, 0.2) is 0 Å². The number of fused-ring (bicyclic) bond motifs is 3. The van der Waals surface area contributed by atoms with E-state index < -0.39 is 20.1 Å². The number of hydrogen-bond donors (Lipinski definition) is 0. The van der Waals surface area contributed by atoms with Crippen LogP contribution in [0.25, 0.3) is 44.6 Å². The molecule has 0 aliphatic carbocycles. The molecule has 0 atom stereocenters. The first-order chi connectivity index (χ1) is 20.2. The molecule has 0 saturated heterocycles. The molecule has 0 spiro atoms. The fraction of sp³-hybridized carbons (Fsp3) is 0.129. The van der Waals surface area contributed by atoms with Crippen LogP contribution < -0.4 is 0 Å². The van der Waals surface area contributed by atoms with Crippen molar-refractivity contribution in [2.75, 3.05) is 0 Å². The molecule has 181 valence electrons. The van der Waals surface area contributed by atoms with Crippen molar-refractivity contribution >= 4 is 22.1 Å². The maximum atomic E-state index is 7.91. The van der Waals surface area contributed by atoms with Crippen LogP contribution in [0.3, 0.4) is 0 Å². The Morgan fingerprint density at radius 2 is 1.86 bits per heavy atom. The minimum Gasteiger partial charge on any atom is -0.486 e. The van der Waals surface area contributed by atoms with Gasteiger partial charge in [-0.3, -0.25) is 0 Å². The Balaban J connectivity index is 0.000000223. The third-order valence-electron chi connectivity index (χ3n) is 5.35. The van der Waals surface area contributed by atoms with Crippen molar-refractivity contribution in [2.45, 2.75) is 27.0 Å². The Bertz CT molecular complexity index is 1880. The van der Waals surface area contributed by atoms with E-state index in [-0.39, 0.29) is 37.1 Å². The number of hydrogen-bond acceptors (Lipinski definition) is 4. The smallest absolute Gasteiger partial charge is 0.216 e. The number of benzene rings is 2. The minimum absolute atomic E-state index is 0. The molecule has 5 heteroatoms. The van der Waals surface area contributed by atoms with Gasteiger partial charge in [-0.1, -0.05) is 41.6 Å². The van der Waals surface area contributed by atoms with Crippen LogP contribution in [0, 0.1) is 25.8 Å². The van der Waals surface area contributed by atoms with Crippen LogP contribution in [0.2, 0.25) is 0 Å². The number of pyridine rings is 3. The van der Waals surface area contributed by atoms with E-state index in [1.54, 1.807) is 48.7 Å². The van der Waals surface area contributed by atoms with Gasteiger partial charge < -0.3 is 14.4 Å². The predicted molar refractivity (Wildman–Crippen MR) is 141 cm³/mol. The van der Waals surface area contributed by atoms with Gasteiger partial charge in [0, 0.05) is 54.5 Å². The summed E-state index contributed by atoms with van der Waals surface area (Å²) >= 11 is 0. The van der Waals surface area contributed by atoms with Gasteiger partial charge in [-0.15, -0.1) is 54.1 Å². The average Bonchev–Trinajstić information content (AvgIpc) is 3.35. The van der Waals surface area contributed by atoms with Gasteiger partial charge in [0.05, 0.1) is 5.58 Å². The van der Waals surface area contributed by atoms with Crippen molar-refractivity contribution in [2.24, 2.45) is 0 Å². The molecule has 0 amide bonds. The summed E-state index contributed by atoms with van der Waals surface area (Å²) in [4.78, 5) is 12.6. The second kappa shape index (κ2) is 11.4. The molecule has 4 aromatic heterocycles. The quantitative estimate of drug-likeness (QED) is 0.185. The first kappa shape index (κ1) is 16.9. The van der Waals surface area contributed by atoms with Crippen LogP contribution in [-0.4, -0.2) is 15.0 Å². The van der Waals surface area contributed by atoms with Gasteiger partial charge in [0.25, 0.3) is 0 Å². The van der Waals surface area contributed by atoms with E-state index in [2.05, 4.69) is 27.1 Å². The fourth-order valence-electron chi connectivity index (χ4n) is 3.64. The summed E-state index contributed by atoms with van der Waals surface area (Å²) < 4.78 is 65.9. The van der Waals surface area contributed by atoms with Crippen molar-refractivity contribution in [3.8, 4) is 22.5 Å². The van der Waals surface area contributed by atoms with Crippen molar-refractivity contribution in [3.05, 3.63) is 114 Å². The zero-order chi connectivity index (χ0) is 31.0. The summed E-state index contributed by atoms with van der Waals surface area (Å²) in [6.07, 6.45) is 1.44. The zero-order valence-corrected chi connectivity index (χ0v) is 21.6. The Kier molecular flexibility index (Phi) is 5.35. The maximum absolute atomic E-state index is 7.91. The van der Waals surface area contributed by atoms with Crippen molar-refractivity contribution in [1.29, 1.82) is 0 Å². The molecule has 6 aromatic rings. The van der Waals surface area contributed by atoms with E-state index in [0.717, 1.165) is 16.6 Å². The van der Waals surface area contributed by atoms with Gasteiger partial charge >= 0.3 is 0 Å². The summed E-state index contributed by atoms with van der Waals surface area (Å²) in [5, 5.41) is 1.48. The summed E-state index contributed by atoms with van der Waals surface area (Å²) in [5.74, 6) is 0. The molecule has 0 N–H and O–H groups in total. The van der Waals surface area contributed by atoms with E-state index in [9.17, 15) is 0 Å². The number of aryl methyl sites for hydroxylation is 3. The normalized spacial score (nSPS) is 14.9. The number of furan rings is 1. The standard InChI is InChI=1S/C19H15N2O.C12H10N.Ir/c1-3-13-9-10-20-17(11-13)16-6-4-5-14-15-8-7-12(2)21-19(15)22-18(14)16;1-10-7-8-12(13-9-10)11-5-3-2-4-6-11;/h4-5,7-11H,3H2,1-2H3;2-5,7-9H,1H3;/q2*-1;/i2D3,3D2;1D3;. The third-order valence-corrected chi connectivity index (χ3v) is 5.35. The SMILES string of the molecule is [2H]C([2H])([2H])c1ccc(-c2[c-]cccc2)nc1.[2H]C([2H])([2H])c1ccc2c(n1)oc1c(-c3cc(C([2H])([2H])C)ccn3)[c-]ccc12.[Ir]. The van der Waals surface area contributed by atoms with Crippen LogP contribution in [0.15, 0.2) is 89.6 Å². The molecule has 0 bridgehead atoms. The summed E-state index contributed by atoms with van der Waals surface area (Å²) in [5.41, 5.74) is 4.15. The van der Waals surface area contributed by atoms with E-state index >= 15 is 0 Å². The van der Waals surface area contributed by atoms with Crippen LogP contribution in [-0.2, 0) is 26.5 Å². The molecule has 0 aliphatic heterocycles. The second-order valence-corrected chi connectivity index (χ2v) is 7.63. The van der Waals surface area contributed by atoms with E-state index in [1.165, 1.54) is 19.2 Å². The number of aromatic nitrogens is 3. The molecule has 4 nitrogen and oxygen atoms in total. The van der Waals surface area contributed by atoms with Gasteiger partial charge in [-0.25, -0.2) is 4.98 Å². The predicted octanol–water partition coefficient (Wildman–Crippen LogP) is 7.57. The number of rotatable bonds is 3. The number of nitrogens with zero attached hydrogens (tertiary/aromatic N) is 3. The van der Waals surface area contributed by atoms with Crippen LogP contribution in [0.1, 0.15) is 34.7 Å². The minimum atomic E-state index is -2.31. The fourth-order valence-corrected chi connectivity index (χ4v) is 3.64. The van der Waals surface area contributed by atoms with Gasteiger partial charge in [-0.2, -0.15) is 0 Å². The molecular weight excluding hydrogens is 623 g/mol. The molecule has 0 aliphatic rings. The van der Waals surface area contributed by atoms with Crippen molar-refractivity contribution in [1.82, 2.24) is 15.0 Å².